The molecule has 0 amide bonds. The second-order valence-corrected chi connectivity index (χ2v) is 7.08. The van der Waals surface area contributed by atoms with Crippen LogP contribution in [0.1, 0.15) is 23.6 Å². The van der Waals surface area contributed by atoms with E-state index in [4.69, 9.17) is 19.6 Å². The van der Waals surface area contributed by atoms with E-state index in [0.717, 1.165) is 24.6 Å². The Morgan fingerprint density at radius 2 is 1.94 bits per heavy atom. The average Bonchev–Trinajstić information content (AvgIpc) is 3.33. The molecule has 2 aromatic carbocycles. The fourth-order valence-electron chi connectivity index (χ4n) is 3.23. The highest BCUT2D eigenvalue weighted by Crippen LogP contribution is 2.28. The van der Waals surface area contributed by atoms with Gasteiger partial charge in [0.05, 0.1) is 26.8 Å². The van der Waals surface area contributed by atoms with E-state index in [-0.39, 0.29) is 13.2 Å². The minimum Gasteiger partial charge on any atom is -0.493 e. The molecular weight excluding hydrogens is 406 g/mol. The van der Waals surface area contributed by atoms with Gasteiger partial charge in [-0.3, -0.25) is 4.68 Å². The molecule has 0 aliphatic rings. The second kappa shape index (κ2) is 12.4. The molecule has 0 bridgehead atoms. The van der Waals surface area contributed by atoms with Crippen molar-refractivity contribution in [2.24, 2.45) is 4.99 Å². The zero-order chi connectivity index (χ0) is 22.6. The van der Waals surface area contributed by atoms with Crippen molar-refractivity contribution in [1.82, 2.24) is 20.4 Å². The molecule has 0 saturated heterocycles. The molecule has 0 aliphatic carbocycles. The number of aliphatic hydroxyl groups is 1. The molecule has 170 valence electrons. The molecule has 3 aromatic rings. The van der Waals surface area contributed by atoms with Crippen molar-refractivity contribution < 1.29 is 14.6 Å². The van der Waals surface area contributed by atoms with Crippen molar-refractivity contribution >= 4 is 5.96 Å². The van der Waals surface area contributed by atoms with Crippen molar-refractivity contribution in [3.8, 4) is 11.5 Å². The Hall–Kier alpha value is -3.52. The molecule has 8 nitrogen and oxygen atoms in total. The minimum atomic E-state index is -0.0437. The van der Waals surface area contributed by atoms with Crippen molar-refractivity contribution in [3.05, 3.63) is 77.6 Å². The summed E-state index contributed by atoms with van der Waals surface area (Å²) < 4.78 is 12.8. The molecule has 3 N–H and O–H groups in total. The molecular formula is C24H31N5O3. The lowest BCUT2D eigenvalue weighted by molar-refractivity contribution is 0.196. The van der Waals surface area contributed by atoms with Gasteiger partial charge in [-0.2, -0.15) is 5.10 Å². The Bertz CT molecular complexity index is 989. The number of hydrogen-bond donors (Lipinski definition) is 3. The van der Waals surface area contributed by atoms with E-state index >= 15 is 0 Å². The molecule has 0 radical (unpaired) electrons. The van der Waals surface area contributed by atoms with Crippen LogP contribution in [-0.2, 0) is 19.6 Å². The van der Waals surface area contributed by atoms with Crippen molar-refractivity contribution in [1.29, 1.82) is 0 Å². The van der Waals surface area contributed by atoms with E-state index in [1.165, 1.54) is 11.1 Å². The number of nitrogens with zero attached hydrogens (tertiary/aromatic N) is 3. The molecule has 0 fully saturated rings. The van der Waals surface area contributed by atoms with Gasteiger partial charge in [-0.05, 0) is 41.8 Å². The van der Waals surface area contributed by atoms with Gasteiger partial charge in [-0.25, -0.2) is 4.99 Å². The van der Waals surface area contributed by atoms with E-state index in [1.54, 1.807) is 13.3 Å². The van der Waals surface area contributed by atoms with Crippen LogP contribution >= 0.6 is 0 Å². The van der Waals surface area contributed by atoms with Crippen molar-refractivity contribution in [2.45, 2.75) is 26.6 Å². The summed E-state index contributed by atoms with van der Waals surface area (Å²) in [5.41, 5.74) is 3.40. The molecule has 0 saturated carbocycles. The van der Waals surface area contributed by atoms with Gasteiger partial charge in [-0.15, -0.1) is 0 Å². The Morgan fingerprint density at radius 1 is 1.09 bits per heavy atom. The molecule has 3 rings (SSSR count). The van der Waals surface area contributed by atoms with Crippen LogP contribution in [-0.4, -0.2) is 47.7 Å². The lowest BCUT2D eigenvalue weighted by atomic mass is 10.1. The first-order chi connectivity index (χ1) is 15.7. The summed E-state index contributed by atoms with van der Waals surface area (Å²) in [4.78, 5) is 4.71. The van der Waals surface area contributed by atoms with Gasteiger partial charge in [0.1, 0.15) is 6.61 Å². The predicted octanol–water partition coefficient (Wildman–Crippen LogP) is 2.57. The standard InChI is InChI=1S/C24H31N5O3/c1-3-25-24(26-16-19-9-10-22(32-14-13-30)23(15-19)31-2)27-17-20-7-4-5-8-21(20)18-29-12-6-11-28-29/h4-12,15,30H,3,13-14,16-18H2,1-2H3,(H2,25,26,27). The molecule has 8 heteroatoms. The number of hydrogen-bond acceptors (Lipinski definition) is 5. The molecule has 1 aromatic heterocycles. The van der Waals surface area contributed by atoms with Crippen molar-refractivity contribution in [3.63, 3.8) is 0 Å². The van der Waals surface area contributed by atoms with Gasteiger partial charge < -0.3 is 25.2 Å². The van der Waals surface area contributed by atoms with E-state index in [1.807, 2.05) is 54.2 Å². The van der Waals surface area contributed by atoms with Crippen LogP contribution in [0.2, 0.25) is 0 Å². The average molecular weight is 438 g/mol. The van der Waals surface area contributed by atoms with Gasteiger partial charge >= 0.3 is 0 Å². The molecule has 0 aliphatic heterocycles. The summed E-state index contributed by atoms with van der Waals surface area (Å²) in [6.07, 6.45) is 3.75. The highest BCUT2D eigenvalue weighted by molar-refractivity contribution is 5.79. The molecule has 1 heterocycles. The number of aromatic nitrogens is 2. The summed E-state index contributed by atoms with van der Waals surface area (Å²) >= 11 is 0. The van der Waals surface area contributed by atoms with Crippen LogP contribution < -0.4 is 20.1 Å². The van der Waals surface area contributed by atoms with Crippen LogP contribution in [0, 0.1) is 0 Å². The summed E-state index contributed by atoms with van der Waals surface area (Å²) in [6.45, 7) is 4.85. The van der Waals surface area contributed by atoms with Crippen molar-refractivity contribution in [2.75, 3.05) is 26.9 Å². The molecule has 0 spiro atoms. The number of ether oxygens (including phenoxy) is 2. The summed E-state index contributed by atoms with van der Waals surface area (Å²) in [7, 11) is 1.60. The predicted molar refractivity (Wildman–Crippen MR) is 125 cm³/mol. The Kier molecular flexibility index (Phi) is 8.94. The molecule has 32 heavy (non-hydrogen) atoms. The summed E-state index contributed by atoms with van der Waals surface area (Å²) in [5.74, 6) is 1.96. The first-order valence-electron chi connectivity index (χ1n) is 10.7. The van der Waals surface area contributed by atoms with E-state index in [0.29, 0.717) is 24.6 Å². The summed E-state index contributed by atoms with van der Waals surface area (Å²) in [5, 5.41) is 20.0. The van der Waals surface area contributed by atoms with Crippen LogP contribution in [0.25, 0.3) is 0 Å². The maximum absolute atomic E-state index is 8.95. The highest BCUT2D eigenvalue weighted by atomic mass is 16.5. The first kappa shape index (κ1) is 23.1. The van der Waals surface area contributed by atoms with E-state index in [2.05, 4.69) is 27.9 Å². The molecule has 0 atom stereocenters. The van der Waals surface area contributed by atoms with Gasteiger partial charge in [0, 0.05) is 25.5 Å². The van der Waals surface area contributed by atoms with Crippen LogP contribution in [0.4, 0.5) is 0 Å². The monoisotopic (exact) mass is 437 g/mol. The van der Waals surface area contributed by atoms with E-state index in [9.17, 15) is 0 Å². The Balaban J connectivity index is 1.66. The maximum atomic E-state index is 8.95. The van der Waals surface area contributed by atoms with Gasteiger partial charge in [0.2, 0.25) is 0 Å². The maximum Gasteiger partial charge on any atom is 0.191 e. The largest absolute Gasteiger partial charge is 0.493 e. The third kappa shape index (κ3) is 6.75. The number of methoxy groups -OCH3 is 1. The lowest BCUT2D eigenvalue weighted by Gasteiger charge is -2.15. The number of aliphatic hydroxyl groups excluding tert-OH is 1. The SMILES string of the molecule is CCNC(=NCc1ccc(OCCO)c(OC)c1)NCc1ccccc1Cn1cccn1. The quantitative estimate of drug-likeness (QED) is 0.315. The number of benzene rings is 2. The molecule has 0 unspecified atom stereocenters. The zero-order valence-electron chi connectivity index (χ0n) is 18.6. The fraction of sp³-hybridized carbons (Fsp3) is 0.333. The van der Waals surface area contributed by atoms with Crippen LogP contribution in [0.5, 0.6) is 11.5 Å². The first-order valence-corrected chi connectivity index (χ1v) is 10.7. The summed E-state index contributed by atoms with van der Waals surface area (Å²) in [6, 6.07) is 15.9. The Labute approximate surface area is 188 Å². The van der Waals surface area contributed by atoms with Gasteiger partial charge in [0.15, 0.2) is 17.5 Å². The van der Waals surface area contributed by atoms with Gasteiger partial charge in [-0.1, -0.05) is 30.3 Å². The lowest BCUT2D eigenvalue weighted by Crippen LogP contribution is -2.37. The van der Waals surface area contributed by atoms with Crippen LogP contribution in [0.3, 0.4) is 0 Å². The Morgan fingerprint density at radius 3 is 2.66 bits per heavy atom. The number of nitrogens with one attached hydrogen (secondary N) is 2. The van der Waals surface area contributed by atoms with Gasteiger partial charge in [0.25, 0.3) is 0 Å². The number of aliphatic imine (C=N–C) groups is 1. The second-order valence-electron chi connectivity index (χ2n) is 7.08. The third-order valence-electron chi connectivity index (χ3n) is 4.80. The highest BCUT2D eigenvalue weighted by Gasteiger charge is 2.07. The zero-order valence-corrected chi connectivity index (χ0v) is 18.6. The third-order valence-corrected chi connectivity index (χ3v) is 4.80. The fourth-order valence-corrected chi connectivity index (χ4v) is 3.23. The number of guanidine groups is 1. The minimum absolute atomic E-state index is 0.0437. The number of rotatable bonds is 11. The van der Waals surface area contributed by atoms with E-state index < -0.39 is 0 Å². The smallest absolute Gasteiger partial charge is 0.191 e. The van der Waals surface area contributed by atoms with Crippen LogP contribution in [0.15, 0.2) is 65.9 Å². The topological polar surface area (TPSA) is 92.9 Å². The normalized spacial score (nSPS) is 11.3.